The van der Waals surface area contributed by atoms with E-state index in [-0.39, 0.29) is 11.9 Å². The zero-order chi connectivity index (χ0) is 20.1. The Labute approximate surface area is 169 Å². The van der Waals surface area contributed by atoms with Gasteiger partial charge in [0.25, 0.3) is 5.91 Å². The number of benzene rings is 2. The first-order chi connectivity index (χ1) is 14.2. The van der Waals surface area contributed by atoms with Crippen LogP contribution in [-0.4, -0.2) is 47.2 Å². The summed E-state index contributed by atoms with van der Waals surface area (Å²) in [6.45, 7) is 2.33. The van der Waals surface area contributed by atoms with Crippen LogP contribution in [0.1, 0.15) is 29.1 Å². The van der Waals surface area contributed by atoms with Gasteiger partial charge in [0.15, 0.2) is 0 Å². The minimum absolute atomic E-state index is 0.0117. The van der Waals surface area contributed by atoms with Gasteiger partial charge < -0.3 is 14.6 Å². The Morgan fingerprint density at radius 2 is 1.86 bits per heavy atom. The number of aromatic nitrogens is 2. The summed E-state index contributed by atoms with van der Waals surface area (Å²) in [7, 11) is 1.63. The Kier molecular flexibility index (Phi) is 5.86. The highest BCUT2D eigenvalue weighted by Crippen LogP contribution is 2.27. The molecular weight excluding hydrogens is 368 g/mol. The molecule has 1 amide bonds. The molecule has 0 unspecified atom stereocenters. The van der Waals surface area contributed by atoms with Gasteiger partial charge >= 0.3 is 0 Å². The third-order valence-corrected chi connectivity index (χ3v) is 5.13. The van der Waals surface area contributed by atoms with Crippen molar-refractivity contribution < 1.29 is 14.1 Å². The lowest BCUT2D eigenvalue weighted by atomic mass is 10.0. The number of hydrogen-bond acceptors (Lipinski definition) is 6. The lowest BCUT2D eigenvalue weighted by Gasteiger charge is -2.31. The van der Waals surface area contributed by atoms with Gasteiger partial charge in [-0.3, -0.25) is 9.69 Å². The van der Waals surface area contributed by atoms with Gasteiger partial charge in [-0.1, -0.05) is 35.5 Å². The molecule has 1 aliphatic rings. The molecule has 4 rings (SSSR count). The molecule has 7 heteroatoms. The van der Waals surface area contributed by atoms with E-state index < -0.39 is 0 Å². The van der Waals surface area contributed by atoms with E-state index in [1.807, 2.05) is 54.6 Å². The molecule has 150 valence electrons. The maximum atomic E-state index is 12.3. The van der Waals surface area contributed by atoms with Gasteiger partial charge in [-0.15, -0.1) is 0 Å². The molecule has 29 heavy (non-hydrogen) atoms. The third kappa shape index (κ3) is 4.63. The number of para-hydroxylation sites is 1. The number of methoxy groups -OCH3 is 1. The molecule has 0 saturated carbocycles. The summed E-state index contributed by atoms with van der Waals surface area (Å²) in [5.74, 6) is 1.82. The Bertz CT molecular complexity index is 949. The minimum Gasteiger partial charge on any atom is -0.496 e. The van der Waals surface area contributed by atoms with Crippen LogP contribution in [-0.2, 0) is 6.54 Å². The first-order valence-corrected chi connectivity index (χ1v) is 9.77. The van der Waals surface area contributed by atoms with Crippen LogP contribution in [0.25, 0.3) is 11.4 Å². The Balaban J connectivity index is 1.30. The van der Waals surface area contributed by atoms with E-state index >= 15 is 0 Å². The molecule has 0 spiro atoms. The van der Waals surface area contributed by atoms with Gasteiger partial charge in [-0.05, 0) is 37.1 Å². The Morgan fingerprint density at radius 1 is 1.14 bits per heavy atom. The molecule has 7 nitrogen and oxygen atoms in total. The number of carbonyl (C=O) groups excluding carboxylic acids is 1. The van der Waals surface area contributed by atoms with Crippen molar-refractivity contribution in [1.82, 2.24) is 20.4 Å². The average molecular weight is 392 g/mol. The van der Waals surface area contributed by atoms with Crippen LogP contribution in [0.3, 0.4) is 0 Å². The van der Waals surface area contributed by atoms with Gasteiger partial charge in [-0.2, -0.15) is 4.98 Å². The number of piperidine rings is 1. The summed E-state index contributed by atoms with van der Waals surface area (Å²) in [4.78, 5) is 19.1. The second-order valence-corrected chi connectivity index (χ2v) is 7.10. The maximum Gasteiger partial charge on any atom is 0.251 e. The molecule has 3 aromatic rings. The number of hydrogen-bond donors (Lipinski definition) is 1. The minimum atomic E-state index is -0.0117. The number of nitrogens with one attached hydrogen (secondary N) is 1. The average Bonchev–Trinajstić information content (AvgIpc) is 3.24. The van der Waals surface area contributed by atoms with E-state index in [0.29, 0.717) is 23.8 Å². The summed E-state index contributed by atoms with van der Waals surface area (Å²) in [5.41, 5.74) is 1.51. The fourth-order valence-electron chi connectivity index (χ4n) is 3.54. The quantitative estimate of drug-likeness (QED) is 0.694. The van der Waals surface area contributed by atoms with Crippen molar-refractivity contribution in [2.75, 3.05) is 20.2 Å². The molecular formula is C22H24N4O3. The van der Waals surface area contributed by atoms with Crippen LogP contribution in [0.4, 0.5) is 0 Å². The number of amides is 1. The van der Waals surface area contributed by atoms with Crippen molar-refractivity contribution in [1.29, 1.82) is 0 Å². The number of nitrogens with zero attached hydrogens (tertiary/aromatic N) is 3. The molecule has 0 aliphatic carbocycles. The van der Waals surface area contributed by atoms with Crippen molar-refractivity contribution >= 4 is 5.91 Å². The topological polar surface area (TPSA) is 80.5 Å². The number of carbonyl (C=O) groups is 1. The van der Waals surface area contributed by atoms with Gasteiger partial charge in [-0.25, -0.2) is 0 Å². The molecule has 2 heterocycles. The summed E-state index contributed by atoms with van der Waals surface area (Å²) < 4.78 is 10.8. The monoisotopic (exact) mass is 392 g/mol. The van der Waals surface area contributed by atoms with E-state index in [1.165, 1.54) is 0 Å². The first-order valence-electron chi connectivity index (χ1n) is 9.77. The molecule has 1 aromatic heterocycles. The first kappa shape index (κ1) is 19.1. The van der Waals surface area contributed by atoms with E-state index in [9.17, 15) is 4.79 Å². The maximum absolute atomic E-state index is 12.3. The highest BCUT2D eigenvalue weighted by Gasteiger charge is 2.23. The summed E-state index contributed by atoms with van der Waals surface area (Å²) in [6, 6.07) is 17.1. The van der Waals surface area contributed by atoms with E-state index in [0.717, 1.165) is 37.2 Å². The highest BCUT2D eigenvalue weighted by atomic mass is 16.5. The van der Waals surface area contributed by atoms with Crippen molar-refractivity contribution in [3.05, 3.63) is 66.1 Å². The number of rotatable bonds is 6. The van der Waals surface area contributed by atoms with Gasteiger partial charge in [0.1, 0.15) is 5.75 Å². The zero-order valence-corrected chi connectivity index (χ0v) is 16.4. The van der Waals surface area contributed by atoms with Gasteiger partial charge in [0, 0.05) is 24.7 Å². The molecule has 0 radical (unpaired) electrons. The number of likely N-dealkylation sites (tertiary alicyclic amines) is 1. The van der Waals surface area contributed by atoms with Crippen LogP contribution in [0.15, 0.2) is 59.1 Å². The summed E-state index contributed by atoms with van der Waals surface area (Å²) in [5, 5.41) is 7.23. The fourth-order valence-corrected chi connectivity index (χ4v) is 3.54. The molecule has 1 aliphatic heterocycles. The Hall–Kier alpha value is -3.19. The van der Waals surface area contributed by atoms with Crippen molar-refractivity contribution in [3.63, 3.8) is 0 Å². The van der Waals surface area contributed by atoms with Gasteiger partial charge in [0.05, 0.1) is 19.2 Å². The molecule has 1 saturated heterocycles. The molecule has 1 N–H and O–H groups in total. The normalized spacial score (nSPS) is 15.2. The summed E-state index contributed by atoms with van der Waals surface area (Å²) in [6.07, 6.45) is 1.79. The predicted octanol–water partition coefficient (Wildman–Crippen LogP) is 3.14. The Morgan fingerprint density at radius 3 is 2.62 bits per heavy atom. The fraction of sp³-hybridized carbons (Fsp3) is 0.318. The largest absolute Gasteiger partial charge is 0.496 e. The lowest BCUT2D eigenvalue weighted by Crippen LogP contribution is -2.44. The SMILES string of the molecule is COc1ccccc1-c1noc(CN2CCC(NC(=O)c3ccccc3)CC2)n1. The molecule has 1 fully saturated rings. The third-order valence-electron chi connectivity index (χ3n) is 5.13. The number of ether oxygens (including phenoxy) is 1. The van der Waals surface area contributed by atoms with Crippen LogP contribution >= 0.6 is 0 Å². The van der Waals surface area contributed by atoms with Gasteiger partial charge in [0.2, 0.25) is 11.7 Å². The standard InChI is InChI=1S/C22H24N4O3/c1-28-19-10-6-5-9-18(19)21-24-20(29-25-21)15-26-13-11-17(12-14-26)23-22(27)16-7-3-2-4-8-16/h2-10,17H,11-15H2,1H3,(H,23,27). The lowest BCUT2D eigenvalue weighted by molar-refractivity contribution is 0.0904. The van der Waals surface area contributed by atoms with Crippen molar-refractivity contribution in [3.8, 4) is 17.1 Å². The van der Waals surface area contributed by atoms with E-state index in [2.05, 4.69) is 20.4 Å². The van der Waals surface area contributed by atoms with E-state index in [1.54, 1.807) is 7.11 Å². The smallest absolute Gasteiger partial charge is 0.251 e. The molecule has 2 aromatic carbocycles. The molecule has 0 atom stereocenters. The van der Waals surface area contributed by atoms with Crippen LogP contribution < -0.4 is 10.1 Å². The summed E-state index contributed by atoms with van der Waals surface area (Å²) >= 11 is 0. The zero-order valence-electron chi connectivity index (χ0n) is 16.4. The van der Waals surface area contributed by atoms with E-state index in [4.69, 9.17) is 9.26 Å². The van der Waals surface area contributed by atoms with Crippen molar-refractivity contribution in [2.45, 2.75) is 25.4 Å². The molecule has 0 bridgehead atoms. The van der Waals surface area contributed by atoms with Crippen LogP contribution in [0.5, 0.6) is 5.75 Å². The second kappa shape index (κ2) is 8.87. The van der Waals surface area contributed by atoms with Crippen molar-refractivity contribution in [2.24, 2.45) is 0 Å². The van der Waals surface area contributed by atoms with Crippen LogP contribution in [0, 0.1) is 0 Å². The highest BCUT2D eigenvalue weighted by molar-refractivity contribution is 5.94. The predicted molar refractivity (Wildman–Crippen MR) is 108 cm³/mol. The second-order valence-electron chi connectivity index (χ2n) is 7.10. The van der Waals surface area contributed by atoms with Crippen LogP contribution in [0.2, 0.25) is 0 Å².